The lowest BCUT2D eigenvalue weighted by molar-refractivity contribution is 0.254. The quantitative estimate of drug-likeness (QED) is 0.610. The van der Waals surface area contributed by atoms with Gasteiger partial charge < -0.3 is 14.7 Å². The highest BCUT2D eigenvalue weighted by Gasteiger charge is 2.31. The molecule has 3 aromatic carbocycles. The first-order chi connectivity index (χ1) is 14.2. The summed E-state index contributed by atoms with van der Waals surface area (Å²) >= 11 is 6.35. The summed E-state index contributed by atoms with van der Waals surface area (Å²) in [5, 5.41) is 10.2. The van der Waals surface area contributed by atoms with Crippen LogP contribution in [0.2, 0.25) is 5.02 Å². The molecule has 0 fully saturated rings. The molecule has 5 heteroatoms. The van der Waals surface area contributed by atoms with Gasteiger partial charge in [-0.25, -0.2) is 4.99 Å². The van der Waals surface area contributed by atoms with E-state index in [2.05, 4.69) is 17.0 Å². The summed E-state index contributed by atoms with van der Waals surface area (Å²) in [6, 6.07) is 24.1. The highest BCUT2D eigenvalue weighted by Crippen LogP contribution is 2.41. The average Bonchev–Trinajstić information content (AvgIpc) is 2.77. The van der Waals surface area contributed by atoms with E-state index in [1.54, 1.807) is 7.11 Å². The number of methoxy groups -OCH3 is 1. The fraction of sp³-hybridized carbons (Fsp3) is 0.208. The second-order valence-electron chi connectivity index (χ2n) is 6.95. The van der Waals surface area contributed by atoms with Crippen LogP contribution in [0.25, 0.3) is 0 Å². The molecule has 0 saturated heterocycles. The van der Waals surface area contributed by atoms with E-state index in [0.717, 1.165) is 34.0 Å². The van der Waals surface area contributed by atoms with Crippen molar-refractivity contribution >= 4 is 23.1 Å². The lowest BCUT2D eigenvalue weighted by Crippen LogP contribution is -2.39. The summed E-state index contributed by atoms with van der Waals surface area (Å²) in [4.78, 5) is 7.24. The van der Waals surface area contributed by atoms with E-state index in [-0.39, 0.29) is 12.6 Å². The number of benzene rings is 3. The molecule has 4 rings (SSSR count). The second kappa shape index (κ2) is 8.68. The molecule has 1 aliphatic heterocycles. The maximum Gasteiger partial charge on any atom is 0.137 e. The number of aliphatic hydroxyl groups excluding tert-OH is 1. The predicted molar refractivity (Wildman–Crippen MR) is 117 cm³/mol. The van der Waals surface area contributed by atoms with Crippen LogP contribution in [-0.2, 0) is 0 Å². The standard InChI is InChI=1S/C24H23ClN2O2/c1-29-20-11-8-18(9-12-20)24-26-22-13-10-19(25)16-21(22)23(27(24)14-5-15-28)17-6-3-2-4-7-17/h2-4,6-13,16,23,28H,5,14-15H2,1H3. The fourth-order valence-electron chi connectivity index (χ4n) is 3.76. The van der Waals surface area contributed by atoms with Gasteiger partial charge in [-0.05, 0) is 54.4 Å². The number of hydrogen-bond donors (Lipinski definition) is 1. The van der Waals surface area contributed by atoms with E-state index >= 15 is 0 Å². The number of fused-ring (bicyclic) bond motifs is 1. The van der Waals surface area contributed by atoms with Gasteiger partial charge in [-0.15, -0.1) is 0 Å². The molecule has 4 nitrogen and oxygen atoms in total. The van der Waals surface area contributed by atoms with Crippen LogP contribution in [0.15, 0.2) is 77.8 Å². The van der Waals surface area contributed by atoms with Gasteiger partial charge in [-0.3, -0.25) is 0 Å². The minimum absolute atomic E-state index is 0.0361. The number of halogens is 1. The number of hydrogen-bond acceptors (Lipinski definition) is 4. The molecule has 1 aliphatic rings. The molecule has 148 valence electrons. The number of aliphatic hydroxyl groups is 1. The summed E-state index contributed by atoms with van der Waals surface area (Å²) in [7, 11) is 1.66. The van der Waals surface area contributed by atoms with Gasteiger partial charge in [-0.2, -0.15) is 0 Å². The first kappa shape index (κ1) is 19.5. The molecule has 1 N–H and O–H groups in total. The second-order valence-corrected chi connectivity index (χ2v) is 7.39. The molecular formula is C24H23ClN2O2. The molecule has 0 radical (unpaired) electrons. The third kappa shape index (κ3) is 4.00. The normalized spacial score (nSPS) is 15.6. The van der Waals surface area contributed by atoms with Gasteiger partial charge in [0.25, 0.3) is 0 Å². The number of rotatable bonds is 6. The van der Waals surface area contributed by atoms with Gasteiger partial charge >= 0.3 is 0 Å². The van der Waals surface area contributed by atoms with E-state index in [1.165, 1.54) is 0 Å². The SMILES string of the molecule is COc1ccc(C2=Nc3ccc(Cl)cc3C(c3ccccc3)N2CCCO)cc1. The van der Waals surface area contributed by atoms with Crippen LogP contribution < -0.4 is 4.74 Å². The number of amidine groups is 1. The van der Waals surface area contributed by atoms with Crippen molar-refractivity contribution < 1.29 is 9.84 Å². The van der Waals surface area contributed by atoms with Crippen molar-refractivity contribution in [1.29, 1.82) is 0 Å². The number of nitrogens with zero attached hydrogens (tertiary/aromatic N) is 2. The Morgan fingerprint density at radius 1 is 1.03 bits per heavy atom. The van der Waals surface area contributed by atoms with E-state index < -0.39 is 0 Å². The largest absolute Gasteiger partial charge is 0.497 e. The molecule has 0 spiro atoms. The zero-order valence-corrected chi connectivity index (χ0v) is 17.0. The van der Waals surface area contributed by atoms with Crippen LogP contribution in [0.4, 0.5) is 5.69 Å². The maximum absolute atomic E-state index is 9.51. The zero-order chi connectivity index (χ0) is 20.2. The van der Waals surface area contributed by atoms with Gasteiger partial charge in [0.2, 0.25) is 0 Å². The Balaban J connectivity index is 1.89. The minimum atomic E-state index is -0.0361. The Hall–Kier alpha value is -2.82. The number of ether oxygens (including phenoxy) is 1. The Morgan fingerprint density at radius 2 is 1.79 bits per heavy atom. The van der Waals surface area contributed by atoms with Crippen LogP contribution in [0.3, 0.4) is 0 Å². The van der Waals surface area contributed by atoms with E-state index in [9.17, 15) is 5.11 Å². The smallest absolute Gasteiger partial charge is 0.137 e. The molecule has 0 aliphatic carbocycles. The van der Waals surface area contributed by atoms with Crippen molar-refractivity contribution in [1.82, 2.24) is 4.90 Å². The summed E-state index contributed by atoms with van der Waals surface area (Å²) in [6.45, 7) is 0.795. The molecule has 0 aromatic heterocycles. The van der Waals surface area contributed by atoms with Crippen LogP contribution in [0.1, 0.15) is 29.2 Å². The lowest BCUT2D eigenvalue weighted by atomic mass is 9.92. The molecule has 1 atom stereocenters. The van der Waals surface area contributed by atoms with Gasteiger partial charge in [0.1, 0.15) is 11.6 Å². The molecule has 29 heavy (non-hydrogen) atoms. The van der Waals surface area contributed by atoms with Gasteiger partial charge in [0.05, 0.1) is 18.8 Å². The van der Waals surface area contributed by atoms with E-state index in [0.29, 0.717) is 18.0 Å². The topological polar surface area (TPSA) is 45.1 Å². The Kier molecular flexibility index (Phi) is 5.84. The van der Waals surface area contributed by atoms with Crippen LogP contribution in [0.5, 0.6) is 5.75 Å². The summed E-state index contributed by atoms with van der Waals surface area (Å²) in [5.74, 6) is 1.68. The van der Waals surface area contributed by atoms with Gasteiger partial charge in [0, 0.05) is 29.3 Å². The summed E-state index contributed by atoms with van der Waals surface area (Å²) in [6.07, 6.45) is 0.647. The monoisotopic (exact) mass is 406 g/mol. The first-order valence-corrected chi connectivity index (χ1v) is 10.0. The molecule has 3 aromatic rings. The number of aliphatic imine (C=N–C) groups is 1. The molecule has 0 saturated carbocycles. The molecule has 1 unspecified atom stereocenters. The highest BCUT2D eigenvalue weighted by molar-refractivity contribution is 6.30. The minimum Gasteiger partial charge on any atom is -0.497 e. The van der Waals surface area contributed by atoms with Crippen molar-refractivity contribution in [3.8, 4) is 5.75 Å². The van der Waals surface area contributed by atoms with Gasteiger partial charge in [0.15, 0.2) is 0 Å². The summed E-state index contributed by atoms with van der Waals surface area (Å²) in [5.41, 5.74) is 4.15. The Morgan fingerprint density at radius 3 is 2.48 bits per heavy atom. The molecule has 0 amide bonds. The van der Waals surface area contributed by atoms with Crippen molar-refractivity contribution in [2.75, 3.05) is 20.3 Å². The lowest BCUT2D eigenvalue weighted by Gasteiger charge is -2.39. The van der Waals surface area contributed by atoms with Crippen LogP contribution in [0, 0.1) is 0 Å². The molecular weight excluding hydrogens is 384 g/mol. The zero-order valence-electron chi connectivity index (χ0n) is 16.3. The predicted octanol–water partition coefficient (Wildman–Crippen LogP) is 5.21. The van der Waals surface area contributed by atoms with Crippen LogP contribution in [-0.4, -0.2) is 36.1 Å². The third-order valence-electron chi connectivity index (χ3n) is 5.11. The van der Waals surface area contributed by atoms with Crippen molar-refractivity contribution in [2.24, 2.45) is 4.99 Å². The van der Waals surface area contributed by atoms with Crippen molar-refractivity contribution in [3.63, 3.8) is 0 Å². The fourth-order valence-corrected chi connectivity index (χ4v) is 3.94. The summed E-state index contributed by atoms with van der Waals surface area (Å²) < 4.78 is 5.31. The van der Waals surface area contributed by atoms with E-state index in [4.69, 9.17) is 21.3 Å². The Labute approximate surface area is 176 Å². The molecule has 1 heterocycles. The van der Waals surface area contributed by atoms with Crippen molar-refractivity contribution in [3.05, 3.63) is 94.5 Å². The van der Waals surface area contributed by atoms with Crippen LogP contribution >= 0.6 is 11.6 Å². The third-order valence-corrected chi connectivity index (χ3v) is 5.35. The molecule has 0 bridgehead atoms. The first-order valence-electron chi connectivity index (χ1n) is 9.66. The van der Waals surface area contributed by atoms with Crippen molar-refractivity contribution in [2.45, 2.75) is 12.5 Å². The average molecular weight is 407 g/mol. The van der Waals surface area contributed by atoms with E-state index in [1.807, 2.05) is 60.7 Å². The highest BCUT2D eigenvalue weighted by atomic mass is 35.5. The maximum atomic E-state index is 9.51. The Bertz CT molecular complexity index is 1000. The van der Waals surface area contributed by atoms with Gasteiger partial charge in [-0.1, -0.05) is 41.9 Å².